The van der Waals surface area contributed by atoms with Crippen molar-refractivity contribution < 1.29 is 4.79 Å². The van der Waals surface area contributed by atoms with Gasteiger partial charge in [0.2, 0.25) is 5.91 Å². The topological polar surface area (TPSA) is 78.9 Å². The van der Waals surface area contributed by atoms with Crippen LogP contribution in [0.2, 0.25) is 0 Å². The van der Waals surface area contributed by atoms with Crippen LogP contribution in [-0.4, -0.2) is 11.9 Å². The Morgan fingerprint density at radius 1 is 1.56 bits per heavy atom. The molecule has 2 unspecified atom stereocenters. The minimum atomic E-state index is -0.538. The largest absolute Gasteiger partial charge is 0.320 e. The Morgan fingerprint density at radius 2 is 2.17 bits per heavy atom. The number of hydrogen-bond acceptors (Lipinski definition) is 4. The first-order valence-electron chi connectivity index (χ1n) is 5.98. The normalized spacial score (nSPS) is 13.8. The number of nitrogens with one attached hydrogen (secondary N) is 1. The first-order chi connectivity index (χ1) is 8.42. The van der Waals surface area contributed by atoms with Crippen molar-refractivity contribution >= 4 is 22.2 Å². The Morgan fingerprint density at radius 3 is 2.67 bits per heavy atom. The Labute approximate surface area is 112 Å². The van der Waals surface area contributed by atoms with Crippen LogP contribution in [0.5, 0.6) is 0 Å². The number of rotatable bonds is 4. The van der Waals surface area contributed by atoms with Gasteiger partial charge in [0, 0.05) is 4.88 Å². The molecule has 0 saturated heterocycles. The Kier molecular flexibility index (Phi) is 4.88. The molecular weight excluding hydrogens is 246 g/mol. The van der Waals surface area contributed by atoms with Crippen LogP contribution in [0, 0.1) is 31.1 Å². The van der Waals surface area contributed by atoms with Crippen LogP contribution in [0.1, 0.15) is 36.3 Å². The Bertz CT molecular complexity index is 487. The summed E-state index contributed by atoms with van der Waals surface area (Å²) in [6.45, 7) is 7.76. The number of carbonyl (C=O) groups excluding carboxylic acids is 1. The van der Waals surface area contributed by atoms with Gasteiger partial charge in [0.15, 0.2) is 0 Å². The van der Waals surface area contributed by atoms with Gasteiger partial charge in [-0.3, -0.25) is 4.79 Å². The van der Waals surface area contributed by atoms with E-state index in [0.717, 1.165) is 16.9 Å². The third-order valence-electron chi connectivity index (χ3n) is 3.29. The average Bonchev–Trinajstić information content (AvgIpc) is 2.62. The monoisotopic (exact) mass is 265 g/mol. The maximum absolute atomic E-state index is 12.0. The van der Waals surface area contributed by atoms with Gasteiger partial charge in [-0.2, -0.15) is 5.26 Å². The lowest BCUT2D eigenvalue weighted by molar-refractivity contribution is -0.118. The fraction of sp³-hybridized carbons (Fsp3) is 0.538. The summed E-state index contributed by atoms with van der Waals surface area (Å²) in [4.78, 5) is 13.0. The zero-order chi connectivity index (χ0) is 13.9. The van der Waals surface area contributed by atoms with Crippen LogP contribution >= 0.6 is 11.3 Å². The summed E-state index contributed by atoms with van der Waals surface area (Å²) in [5.41, 5.74) is 7.33. The summed E-state index contributed by atoms with van der Waals surface area (Å²) in [6, 6.07) is 1.59. The van der Waals surface area contributed by atoms with Gasteiger partial charge >= 0.3 is 0 Å². The first-order valence-corrected chi connectivity index (χ1v) is 6.80. The SMILES string of the molecule is CCC(C)C(N)C(=O)Nc1sc(C)c(C)c1C#N. The zero-order valence-corrected chi connectivity index (χ0v) is 12.0. The van der Waals surface area contributed by atoms with Gasteiger partial charge in [0.25, 0.3) is 0 Å². The highest BCUT2D eigenvalue weighted by molar-refractivity contribution is 7.16. The molecule has 98 valence electrons. The second-order valence-corrected chi connectivity index (χ2v) is 5.72. The van der Waals surface area contributed by atoms with E-state index in [2.05, 4.69) is 11.4 Å². The highest BCUT2D eigenvalue weighted by Crippen LogP contribution is 2.31. The summed E-state index contributed by atoms with van der Waals surface area (Å²) in [5, 5.41) is 12.5. The predicted molar refractivity (Wildman–Crippen MR) is 74.6 cm³/mol. The van der Waals surface area contributed by atoms with E-state index in [0.29, 0.717) is 10.6 Å². The molecule has 0 bridgehead atoms. The molecule has 1 heterocycles. The van der Waals surface area contributed by atoms with E-state index < -0.39 is 6.04 Å². The first kappa shape index (κ1) is 14.7. The van der Waals surface area contributed by atoms with Crippen LogP contribution in [0.15, 0.2) is 0 Å². The quantitative estimate of drug-likeness (QED) is 0.878. The number of aryl methyl sites for hydroxylation is 1. The molecule has 2 atom stereocenters. The minimum absolute atomic E-state index is 0.123. The van der Waals surface area contributed by atoms with Gasteiger partial charge in [0.1, 0.15) is 11.1 Å². The highest BCUT2D eigenvalue weighted by Gasteiger charge is 2.22. The van der Waals surface area contributed by atoms with Gasteiger partial charge in [0.05, 0.1) is 11.6 Å². The standard InChI is InChI=1S/C13H19N3OS/c1-5-7(2)11(15)12(17)16-13-10(6-14)8(3)9(4)18-13/h7,11H,5,15H2,1-4H3,(H,16,17). The van der Waals surface area contributed by atoms with Gasteiger partial charge < -0.3 is 11.1 Å². The molecule has 5 heteroatoms. The third-order valence-corrected chi connectivity index (χ3v) is 4.42. The Hall–Kier alpha value is -1.38. The lowest BCUT2D eigenvalue weighted by Crippen LogP contribution is -2.40. The van der Waals surface area contributed by atoms with Crippen molar-refractivity contribution in [2.45, 2.75) is 40.2 Å². The highest BCUT2D eigenvalue weighted by atomic mass is 32.1. The molecule has 0 radical (unpaired) electrons. The van der Waals surface area contributed by atoms with Gasteiger partial charge in [-0.25, -0.2) is 0 Å². The summed E-state index contributed by atoms with van der Waals surface area (Å²) < 4.78 is 0. The van der Waals surface area contributed by atoms with E-state index in [1.54, 1.807) is 0 Å². The molecule has 0 aliphatic rings. The molecule has 1 rings (SSSR count). The molecule has 0 aliphatic carbocycles. The van der Waals surface area contributed by atoms with Crippen LogP contribution in [-0.2, 0) is 4.79 Å². The maximum atomic E-state index is 12.0. The van der Waals surface area contributed by atoms with Gasteiger partial charge in [-0.1, -0.05) is 20.3 Å². The zero-order valence-electron chi connectivity index (χ0n) is 11.2. The van der Waals surface area contributed by atoms with E-state index in [1.165, 1.54) is 11.3 Å². The van der Waals surface area contributed by atoms with E-state index >= 15 is 0 Å². The van der Waals surface area contributed by atoms with Crippen molar-refractivity contribution in [2.75, 3.05) is 5.32 Å². The number of hydrogen-bond donors (Lipinski definition) is 2. The number of thiophene rings is 1. The molecule has 0 spiro atoms. The molecule has 0 aliphatic heterocycles. The van der Waals surface area contributed by atoms with E-state index in [4.69, 9.17) is 11.0 Å². The van der Waals surface area contributed by atoms with Crippen molar-refractivity contribution in [1.29, 1.82) is 5.26 Å². The summed E-state index contributed by atoms with van der Waals surface area (Å²) in [7, 11) is 0. The molecule has 1 amide bonds. The molecule has 18 heavy (non-hydrogen) atoms. The lowest BCUT2D eigenvalue weighted by atomic mass is 9.99. The van der Waals surface area contributed by atoms with Crippen LogP contribution in [0.25, 0.3) is 0 Å². The number of anilines is 1. The molecular formula is C13H19N3OS. The molecule has 0 aromatic carbocycles. The average molecular weight is 265 g/mol. The van der Waals surface area contributed by atoms with Crippen molar-refractivity contribution in [3.8, 4) is 6.07 Å². The van der Waals surface area contributed by atoms with Crippen LogP contribution < -0.4 is 11.1 Å². The van der Waals surface area contributed by atoms with Crippen molar-refractivity contribution in [1.82, 2.24) is 0 Å². The van der Waals surface area contributed by atoms with Crippen molar-refractivity contribution in [2.24, 2.45) is 11.7 Å². The van der Waals surface area contributed by atoms with Crippen molar-refractivity contribution in [3.05, 3.63) is 16.0 Å². The number of nitrogens with two attached hydrogens (primary N) is 1. The predicted octanol–water partition coefficient (Wildman–Crippen LogP) is 2.55. The van der Waals surface area contributed by atoms with Crippen molar-refractivity contribution in [3.63, 3.8) is 0 Å². The fourth-order valence-electron chi connectivity index (χ4n) is 1.56. The summed E-state index contributed by atoms with van der Waals surface area (Å²) in [5.74, 6) is -0.0974. The van der Waals surface area contributed by atoms with E-state index in [1.807, 2.05) is 27.7 Å². The number of nitrogens with zero attached hydrogens (tertiary/aromatic N) is 1. The second-order valence-electron chi connectivity index (χ2n) is 4.50. The Balaban J connectivity index is 2.89. The van der Waals surface area contributed by atoms with Crippen LogP contribution in [0.4, 0.5) is 5.00 Å². The second kappa shape index (κ2) is 5.98. The maximum Gasteiger partial charge on any atom is 0.242 e. The number of carbonyl (C=O) groups is 1. The minimum Gasteiger partial charge on any atom is -0.320 e. The smallest absolute Gasteiger partial charge is 0.242 e. The van der Waals surface area contributed by atoms with Crippen LogP contribution in [0.3, 0.4) is 0 Å². The number of nitriles is 1. The molecule has 1 aromatic heterocycles. The van der Waals surface area contributed by atoms with Gasteiger partial charge in [-0.15, -0.1) is 11.3 Å². The fourth-order valence-corrected chi connectivity index (χ4v) is 2.57. The molecule has 0 saturated carbocycles. The summed E-state index contributed by atoms with van der Waals surface area (Å²) in [6.07, 6.45) is 0.849. The third kappa shape index (κ3) is 2.89. The molecule has 3 N–H and O–H groups in total. The van der Waals surface area contributed by atoms with Gasteiger partial charge in [-0.05, 0) is 25.3 Å². The van der Waals surface area contributed by atoms with E-state index in [-0.39, 0.29) is 11.8 Å². The molecule has 0 fully saturated rings. The van der Waals surface area contributed by atoms with E-state index in [9.17, 15) is 4.79 Å². The molecule has 4 nitrogen and oxygen atoms in total. The lowest BCUT2D eigenvalue weighted by Gasteiger charge is -2.17. The summed E-state index contributed by atoms with van der Waals surface area (Å²) >= 11 is 1.42. The number of amides is 1. The molecule has 1 aromatic rings.